The van der Waals surface area contributed by atoms with Crippen molar-refractivity contribution in [2.45, 2.75) is 19.5 Å². The lowest BCUT2D eigenvalue weighted by molar-refractivity contribution is -0.128. The van der Waals surface area contributed by atoms with Gasteiger partial charge in [0, 0.05) is 19.5 Å². The van der Waals surface area contributed by atoms with Gasteiger partial charge >= 0.3 is 0 Å². The zero-order valence-electron chi connectivity index (χ0n) is 17.4. The van der Waals surface area contributed by atoms with E-state index >= 15 is 0 Å². The van der Waals surface area contributed by atoms with Crippen LogP contribution in [0, 0.1) is 5.92 Å². The van der Waals surface area contributed by atoms with Crippen LogP contribution in [0.4, 0.5) is 5.13 Å². The van der Waals surface area contributed by atoms with Gasteiger partial charge < -0.3 is 10.2 Å². The average molecular weight is 462 g/mol. The van der Waals surface area contributed by atoms with E-state index in [1.54, 1.807) is 29.2 Å². The first-order valence-corrected chi connectivity index (χ1v) is 11.2. The van der Waals surface area contributed by atoms with E-state index in [2.05, 4.69) is 15.5 Å². The molecule has 10 heteroatoms. The van der Waals surface area contributed by atoms with Crippen molar-refractivity contribution < 1.29 is 19.2 Å². The highest BCUT2D eigenvalue weighted by molar-refractivity contribution is 7.15. The molecule has 3 heterocycles. The van der Waals surface area contributed by atoms with Crippen LogP contribution in [0.1, 0.15) is 37.7 Å². The topological polar surface area (TPSA) is 113 Å². The molecule has 0 bridgehead atoms. The van der Waals surface area contributed by atoms with Crippen molar-refractivity contribution in [2.24, 2.45) is 5.92 Å². The number of hydrogen-bond acceptors (Lipinski definition) is 7. The number of hydrogen-bond donors (Lipinski definition) is 1. The minimum atomic E-state index is -0.482. The van der Waals surface area contributed by atoms with Gasteiger partial charge in [0.05, 0.1) is 23.6 Å². The lowest BCUT2D eigenvalue weighted by Gasteiger charge is -2.16. The Morgan fingerprint density at radius 3 is 2.30 bits per heavy atom. The maximum absolute atomic E-state index is 12.7. The predicted molar refractivity (Wildman–Crippen MR) is 119 cm³/mol. The number of fused-ring (bicyclic) bond motifs is 1. The quantitative estimate of drug-likeness (QED) is 0.564. The second-order valence-electron chi connectivity index (χ2n) is 7.89. The Morgan fingerprint density at radius 1 is 0.939 bits per heavy atom. The van der Waals surface area contributed by atoms with Crippen molar-refractivity contribution in [3.8, 4) is 0 Å². The first-order valence-electron chi connectivity index (χ1n) is 10.4. The zero-order valence-corrected chi connectivity index (χ0v) is 18.2. The molecule has 0 saturated carbocycles. The second-order valence-corrected chi connectivity index (χ2v) is 8.96. The van der Waals surface area contributed by atoms with Crippen molar-refractivity contribution in [1.29, 1.82) is 0 Å². The number of amides is 4. The molecule has 1 N–H and O–H groups in total. The van der Waals surface area contributed by atoms with Crippen LogP contribution in [0.25, 0.3) is 0 Å². The Morgan fingerprint density at radius 2 is 1.61 bits per heavy atom. The Kier molecular flexibility index (Phi) is 5.43. The summed E-state index contributed by atoms with van der Waals surface area (Å²) in [4.78, 5) is 52.9. The molecular formula is C23H19N5O4S. The normalized spacial score (nSPS) is 17.6. The molecule has 1 fully saturated rings. The number of rotatable bonds is 6. The molecular weight excluding hydrogens is 442 g/mol. The summed E-state index contributed by atoms with van der Waals surface area (Å²) in [5.41, 5.74) is 1.74. The minimum Gasteiger partial charge on any atom is -0.338 e. The van der Waals surface area contributed by atoms with Gasteiger partial charge in [-0.05, 0) is 17.7 Å². The molecule has 1 aromatic heterocycles. The smallest absolute Gasteiger partial charge is 0.261 e. The molecule has 2 aromatic carbocycles. The molecule has 0 radical (unpaired) electrons. The lowest BCUT2D eigenvalue weighted by atomic mass is 10.1. The van der Waals surface area contributed by atoms with Crippen molar-refractivity contribution in [3.05, 3.63) is 76.3 Å². The molecule has 9 nitrogen and oxygen atoms in total. The summed E-state index contributed by atoms with van der Waals surface area (Å²) >= 11 is 1.10. The molecule has 5 rings (SSSR count). The van der Waals surface area contributed by atoms with E-state index in [0.29, 0.717) is 29.2 Å². The van der Waals surface area contributed by atoms with Gasteiger partial charge in [-0.25, -0.2) is 0 Å². The molecule has 1 saturated heterocycles. The van der Waals surface area contributed by atoms with Crippen molar-refractivity contribution in [2.75, 3.05) is 11.9 Å². The van der Waals surface area contributed by atoms with E-state index in [1.807, 2.05) is 30.3 Å². The highest BCUT2D eigenvalue weighted by atomic mass is 32.1. The number of aromatic nitrogens is 2. The summed E-state index contributed by atoms with van der Waals surface area (Å²) in [6, 6.07) is 16.3. The average Bonchev–Trinajstić information content (AvgIpc) is 3.49. The molecule has 33 heavy (non-hydrogen) atoms. The molecule has 1 unspecified atom stereocenters. The summed E-state index contributed by atoms with van der Waals surface area (Å²) in [7, 11) is 0. The van der Waals surface area contributed by atoms with Gasteiger partial charge in [-0.2, -0.15) is 0 Å². The minimum absolute atomic E-state index is 0.0212. The third-order valence-electron chi connectivity index (χ3n) is 5.67. The van der Waals surface area contributed by atoms with Gasteiger partial charge in [-0.3, -0.25) is 24.1 Å². The van der Waals surface area contributed by atoms with E-state index in [-0.39, 0.29) is 41.7 Å². The molecule has 4 amide bonds. The fourth-order valence-electron chi connectivity index (χ4n) is 4.00. The number of anilines is 1. The van der Waals surface area contributed by atoms with Gasteiger partial charge in [-0.1, -0.05) is 53.8 Å². The largest absolute Gasteiger partial charge is 0.338 e. The molecule has 0 spiro atoms. The molecule has 0 aliphatic carbocycles. The third kappa shape index (κ3) is 4.12. The monoisotopic (exact) mass is 461 g/mol. The summed E-state index contributed by atoms with van der Waals surface area (Å²) in [5.74, 6) is -1.60. The number of carbonyl (C=O) groups excluding carboxylic acids is 4. The van der Waals surface area contributed by atoms with Crippen LogP contribution < -0.4 is 5.32 Å². The number of imide groups is 1. The van der Waals surface area contributed by atoms with Gasteiger partial charge in [0.1, 0.15) is 5.01 Å². The predicted octanol–water partition coefficient (Wildman–Crippen LogP) is 2.32. The number of likely N-dealkylation sites (tertiary alicyclic amines) is 1. The van der Waals surface area contributed by atoms with E-state index in [9.17, 15) is 19.2 Å². The number of carbonyl (C=O) groups is 4. The van der Waals surface area contributed by atoms with Gasteiger partial charge in [0.25, 0.3) is 11.8 Å². The van der Waals surface area contributed by atoms with Crippen LogP contribution in [0.15, 0.2) is 54.6 Å². The fourth-order valence-corrected chi connectivity index (χ4v) is 4.73. The molecule has 2 aliphatic rings. The van der Waals surface area contributed by atoms with E-state index in [0.717, 1.165) is 21.8 Å². The second kappa shape index (κ2) is 8.55. The van der Waals surface area contributed by atoms with Crippen LogP contribution in [-0.2, 0) is 22.7 Å². The summed E-state index contributed by atoms with van der Waals surface area (Å²) in [6.07, 6.45) is 0.138. The molecule has 166 valence electrons. The van der Waals surface area contributed by atoms with Crippen LogP contribution in [-0.4, -0.2) is 50.2 Å². The highest BCUT2D eigenvalue weighted by Gasteiger charge is 2.36. The Labute approximate surface area is 193 Å². The maximum Gasteiger partial charge on any atom is 0.261 e. The van der Waals surface area contributed by atoms with Gasteiger partial charge in [0.15, 0.2) is 0 Å². The van der Waals surface area contributed by atoms with E-state index < -0.39 is 5.92 Å². The zero-order chi connectivity index (χ0) is 22.9. The lowest BCUT2D eigenvalue weighted by Crippen LogP contribution is -2.29. The van der Waals surface area contributed by atoms with Crippen molar-refractivity contribution >= 4 is 40.1 Å². The SMILES string of the molecule is O=C(Nc1nnc(CN2C(=O)c3ccccc3C2=O)s1)C1CC(=O)N(Cc2ccccc2)C1. The standard InChI is InChI=1S/C23H19N5O4S/c29-19-10-15(12-27(19)11-14-6-2-1-3-7-14)20(30)24-23-26-25-18(33-23)13-28-21(31)16-8-4-5-9-17(16)22(28)32/h1-9,15H,10-13H2,(H,24,26,30). The number of nitrogens with one attached hydrogen (secondary N) is 1. The van der Waals surface area contributed by atoms with Crippen LogP contribution in [0.2, 0.25) is 0 Å². The van der Waals surface area contributed by atoms with Crippen molar-refractivity contribution in [3.63, 3.8) is 0 Å². The highest BCUT2D eigenvalue weighted by Crippen LogP contribution is 2.27. The molecule has 1 atom stereocenters. The number of benzene rings is 2. The summed E-state index contributed by atoms with van der Waals surface area (Å²) < 4.78 is 0. The van der Waals surface area contributed by atoms with E-state index in [1.165, 1.54) is 0 Å². The first kappa shape index (κ1) is 21.0. The molecule has 2 aliphatic heterocycles. The van der Waals surface area contributed by atoms with E-state index in [4.69, 9.17) is 0 Å². The third-order valence-corrected chi connectivity index (χ3v) is 6.49. The Balaban J connectivity index is 1.19. The Hall–Kier alpha value is -3.92. The fraction of sp³-hybridized carbons (Fsp3) is 0.217. The first-order chi connectivity index (χ1) is 16.0. The van der Waals surface area contributed by atoms with Gasteiger partial charge in [-0.15, -0.1) is 10.2 Å². The Bertz CT molecular complexity index is 1220. The van der Waals surface area contributed by atoms with Crippen molar-refractivity contribution in [1.82, 2.24) is 20.0 Å². The molecule has 3 aromatic rings. The van der Waals surface area contributed by atoms with Gasteiger partial charge in [0.2, 0.25) is 16.9 Å². The number of nitrogens with zero attached hydrogens (tertiary/aromatic N) is 4. The van der Waals surface area contributed by atoms with Crippen LogP contribution in [0.3, 0.4) is 0 Å². The summed E-state index contributed by atoms with van der Waals surface area (Å²) in [5, 5.41) is 11.4. The van der Waals surface area contributed by atoms with Crippen LogP contribution in [0.5, 0.6) is 0 Å². The summed E-state index contributed by atoms with van der Waals surface area (Å²) in [6.45, 7) is 0.777. The maximum atomic E-state index is 12.7. The van der Waals surface area contributed by atoms with Crippen LogP contribution >= 0.6 is 11.3 Å².